The number of hydrogen-bond acceptors (Lipinski definition) is 2. The number of hydrogen-bond donors (Lipinski definition) is 1. The minimum Gasteiger partial charge on any atom is -0.478 e. The van der Waals surface area contributed by atoms with Crippen molar-refractivity contribution in [3.63, 3.8) is 0 Å². The van der Waals surface area contributed by atoms with Crippen LogP contribution in [0.3, 0.4) is 0 Å². The van der Waals surface area contributed by atoms with E-state index in [0.717, 1.165) is 11.1 Å². The molecule has 2 nitrogen and oxygen atoms in total. The maximum Gasteiger partial charge on any atom is 0.328 e. The van der Waals surface area contributed by atoms with Crippen LogP contribution in [0.4, 0.5) is 0 Å². The molecule has 1 aromatic heterocycles. The molecule has 0 radical (unpaired) electrons. The SMILES string of the molecule is CC/C(=C\C(=O)O)c1ccc(-c2cccs2)cc1. The molecule has 0 saturated heterocycles. The van der Waals surface area contributed by atoms with Crippen molar-refractivity contribution in [3.8, 4) is 10.4 Å². The van der Waals surface area contributed by atoms with Crippen molar-refractivity contribution in [1.29, 1.82) is 0 Å². The number of thiophene rings is 1. The van der Waals surface area contributed by atoms with E-state index in [2.05, 4.69) is 6.07 Å². The first-order valence-electron chi connectivity index (χ1n) is 5.78. The molecule has 0 saturated carbocycles. The molecule has 0 fully saturated rings. The number of aliphatic carboxylic acids is 1. The highest BCUT2D eigenvalue weighted by atomic mass is 32.1. The predicted molar refractivity (Wildman–Crippen MR) is 75.7 cm³/mol. The summed E-state index contributed by atoms with van der Waals surface area (Å²) in [5, 5.41) is 10.9. The molecule has 0 aliphatic rings. The zero-order chi connectivity index (χ0) is 13.0. The average molecular weight is 258 g/mol. The van der Waals surface area contributed by atoms with Crippen LogP contribution in [0, 0.1) is 0 Å². The third kappa shape index (κ3) is 2.87. The van der Waals surface area contributed by atoms with E-state index in [-0.39, 0.29) is 0 Å². The molecule has 0 bridgehead atoms. The van der Waals surface area contributed by atoms with Gasteiger partial charge in [-0.1, -0.05) is 37.3 Å². The van der Waals surface area contributed by atoms with Crippen LogP contribution in [-0.2, 0) is 4.79 Å². The fourth-order valence-corrected chi connectivity index (χ4v) is 2.56. The lowest BCUT2D eigenvalue weighted by molar-refractivity contribution is -0.131. The Morgan fingerprint density at radius 2 is 2.00 bits per heavy atom. The molecule has 92 valence electrons. The van der Waals surface area contributed by atoms with Gasteiger partial charge in [0.25, 0.3) is 0 Å². The van der Waals surface area contributed by atoms with E-state index in [1.807, 2.05) is 42.6 Å². The lowest BCUT2D eigenvalue weighted by Crippen LogP contribution is -1.92. The van der Waals surface area contributed by atoms with Gasteiger partial charge >= 0.3 is 5.97 Å². The van der Waals surface area contributed by atoms with Gasteiger partial charge in [-0.05, 0) is 34.6 Å². The third-order valence-corrected chi connectivity index (χ3v) is 3.66. The molecule has 18 heavy (non-hydrogen) atoms. The van der Waals surface area contributed by atoms with Crippen LogP contribution in [0.2, 0.25) is 0 Å². The van der Waals surface area contributed by atoms with Crippen LogP contribution >= 0.6 is 11.3 Å². The van der Waals surface area contributed by atoms with Crippen molar-refractivity contribution in [2.24, 2.45) is 0 Å². The lowest BCUT2D eigenvalue weighted by Gasteiger charge is -2.05. The summed E-state index contributed by atoms with van der Waals surface area (Å²) < 4.78 is 0. The van der Waals surface area contributed by atoms with Gasteiger partial charge in [0.05, 0.1) is 0 Å². The molecule has 2 rings (SSSR count). The Balaban J connectivity index is 2.30. The van der Waals surface area contributed by atoms with Crippen LogP contribution in [0.15, 0.2) is 47.9 Å². The van der Waals surface area contributed by atoms with Crippen LogP contribution in [0.5, 0.6) is 0 Å². The summed E-state index contributed by atoms with van der Waals surface area (Å²) >= 11 is 1.70. The van der Waals surface area contributed by atoms with E-state index in [0.29, 0.717) is 6.42 Å². The molecule has 0 amide bonds. The van der Waals surface area contributed by atoms with Crippen LogP contribution in [0.1, 0.15) is 18.9 Å². The summed E-state index contributed by atoms with van der Waals surface area (Å²) in [5.41, 5.74) is 2.99. The van der Waals surface area contributed by atoms with Crippen molar-refractivity contribution in [1.82, 2.24) is 0 Å². The highest BCUT2D eigenvalue weighted by Crippen LogP contribution is 2.27. The Morgan fingerprint density at radius 1 is 1.28 bits per heavy atom. The fraction of sp³-hybridized carbons (Fsp3) is 0.133. The number of carboxylic acid groups (broad SMARTS) is 1. The van der Waals surface area contributed by atoms with Crippen LogP contribution in [0.25, 0.3) is 16.0 Å². The fourth-order valence-electron chi connectivity index (χ4n) is 1.83. The molecule has 0 spiro atoms. The quantitative estimate of drug-likeness (QED) is 0.830. The lowest BCUT2D eigenvalue weighted by atomic mass is 10.0. The van der Waals surface area contributed by atoms with Crippen molar-refractivity contribution in [2.45, 2.75) is 13.3 Å². The maximum absolute atomic E-state index is 10.7. The number of allylic oxidation sites excluding steroid dienone is 1. The van der Waals surface area contributed by atoms with Gasteiger partial charge in [-0.25, -0.2) is 4.79 Å². The molecule has 0 aliphatic carbocycles. The van der Waals surface area contributed by atoms with Gasteiger partial charge in [0.15, 0.2) is 0 Å². The minimum absolute atomic E-state index is 0.713. The average Bonchev–Trinajstić information content (AvgIpc) is 2.90. The molecule has 0 atom stereocenters. The van der Waals surface area contributed by atoms with E-state index in [1.54, 1.807) is 11.3 Å². The van der Waals surface area contributed by atoms with Gasteiger partial charge in [-0.15, -0.1) is 11.3 Å². The smallest absolute Gasteiger partial charge is 0.328 e. The van der Waals surface area contributed by atoms with Gasteiger partial charge in [0.1, 0.15) is 0 Å². The Morgan fingerprint density at radius 3 is 2.50 bits per heavy atom. The first-order chi connectivity index (χ1) is 8.70. The van der Waals surface area contributed by atoms with Crippen LogP contribution < -0.4 is 0 Å². The Labute approximate surface area is 110 Å². The number of carbonyl (C=O) groups is 1. The van der Waals surface area contributed by atoms with Gasteiger partial charge < -0.3 is 5.11 Å². The van der Waals surface area contributed by atoms with Gasteiger partial charge in [-0.2, -0.15) is 0 Å². The summed E-state index contributed by atoms with van der Waals surface area (Å²) in [6.45, 7) is 1.96. The zero-order valence-electron chi connectivity index (χ0n) is 10.1. The summed E-state index contributed by atoms with van der Waals surface area (Å²) in [4.78, 5) is 11.9. The normalized spacial score (nSPS) is 11.5. The standard InChI is InChI=1S/C15H14O2S/c1-2-11(10-15(16)17)12-5-7-13(8-6-12)14-4-3-9-18-14/h3-10H,2H2,1H3,(H,16,17)/b11-10+. The minimum atomic E-state index is -0.894. The Bertz CT molecular complexity index is 551. The summed E-state index contributed by atoms with van der Waals surface area (Å²) in [6.07, 6.45) is 1.99. The zero-order valence-corrected chi connectivity index (χ0v) is 10.9. The van der Waals surface area contributed by atoms with Gasteiger partial charge in [-0.3, -0.25) is 0 Å². The number of carboxylic acids is 1. The van der Waals surface area contributed by atoms with Crippen molar-refractivity contribution in [2.75, 3.05) is 0 Å². The summed E-state index contributed by atoms with van der Waals surface area (Å²) in [6, 6.07) is 12.1. The van der Waals surface area contributed by atoms with Crippen molar-refractivity contribution < 1.29 is 9.90 Å². The highest BCUT2D eigenvalue weighted by molar-refractivity contribution is 7.13. The Hall–Kier alpha value is -1.87. The second kappa shape index (κ2) is 5.65. The maximum atomic E-state index is 10.7. The van der Waals surface area contributed by atoms with Gasteiger partial charge in [0.2, 0.25) is 0 Å². The molecule has 0 aliphatic heterocycles. The highest BCUT2D eigenvalue weighted by Gasteiger charge is 2.03. The molecule has 1 heterocycles. The molecule has 1 N–H and O–H groups in total. The second-order valence-electron chi connectivity index (χ2n) is 3.92. The molecule has 3 heteroatoms. The van der Waals surface area contributed by atoms with E-state index in [9.17, 15) is 4.79 Å². The molecule has 1 aromatic carbocycles. The van der Waals surface area contributed by atoms with Gasteiger partial charge in [0, 0.05) is 11.0 Å². The molecule has 0 unspecified atom stereocenters. The monoisotopic (exact) mass is 258 g/mol. The predicted octanol–water partition coefficient (Wildman–Crippen LogP) is 4.29. The molecular formula is C15H14O2S. The van der Waals surface area contributed by atoms with Crippen molar-refractivity contribution >= 4 is 22.9 Å². The summed E-state index contributed by atoms with van der Waals surface area (Å²) in [7, 11) is 0. The van der Waals surface area contributed by atoms with E-state index in [1.165, 1.54) is 16.5 Å². The second-order valence-corrected chi connectivity index (χ2v) is 4.86. The van der Waals surface area contributed by atoms with Crippen LogP contribution in [-0.4, -0.2) is 11.1 Å². The third-order valence-electron chi connectivity index (χ3n) is 2.74. The van der Waals surface area contributed by atoms with E-state index in [4.69, 9.17) is 5.11 Å². The topological polar surface area (TPSA) is 37.3 Å². The first kappa shape index (κ1) is 12.6. The van der Waals surface area contributed by atoms with E-state index < -0.39 is 5.97 Å². The molecular weight excluding hydrogens is 244 g/mol. The first-order valence-corrected chi connectivity index (χ1v) is 6.66. The molecule has 2 aromatic rings. The Kier molecular flexibility index (Phi) is 3.95. The largest absolute Gasteiger partial charge is 0.478 e. The number of rotatable bonds is 4. The van der Waals surface area contributed by atoms with E-state index >= 15 is 0 Å². The summed E-state index contributed by atoms with van der Waals surface area (Å²) in [5.74, 6) is -0.894. The van der Waals surface area contributed by atoms with Crippen molar-refractivity contribution in [3.05, 3.63) is 53.4 Å². The number of benzene rings is 1.